The summed E-state index contributed by atoms with van der Waals surface area (Å²) < 4.78 is 0.786. The number of nitrogens with one attached hydrogen (secondary N) is 3. The van der Waals surface area contributed by atoms with Crippen LogP contribution in [-0.2, 0) is 0 Å². The van der Waals surface area contributed by atoms with Crippen LogP contribution in [0.5, 0.6) is 0 Å². The van der Waals surface area contributed by atoms with Gasteiger partial charge < -0.3 is 15.3 Å². The summed E-state index contributed by atoms with van der Waals surface area (Å²) in [4.78, 5) is 15.3. The van der Waals surface area contributed by atoms with Crippen LogP contribution in [-0.4, -0.2) is 19.9 Å². The minimum atomic E-state index is 0.648. The SMILES string of the molecule is Clc1ccc2nc(Nc3c[nH]c4ccc(Br)nc34)[nH]c2c1. The summed E-state index contributed by atoms with van der Waals surface area (Å²) in [6, 6.07) is 9.41. The predicted octanol–water partition coefficient (Wildman–Crippen LogP) is 4.60. The monoisotopic (exact) mass is 361 g/mol. The highest BCUT2D eigenvalue weighted by Gasteiger charge is 2.09. The number of halogens is 2. The van der Waals surface area contributed by atoms with Gasteiger partial charge in [0.05, 0.1) is 22.2 Å². The zero-order valence-electron chi connectivity index (χ0n) is 10.6. The molecule has 0 fully saturated rings. The fourth-order valence-corrected chi connectivity index (χ4v) is 2.72. The fraction of sp³-hybridized carbons (Fsp3) is 0. The lowest BCUT2D eigenvalue weighted by atomic mass is 10.3. The number of H-pyrrole nitrogens is 2. The second-order valence-electron chi connectivity index (χ2n) is 4.60. The molecule has 0 aliphatic heterocycles. The van der Waals surface area contributed by atoms with Crippen molar-refractivity contribution in [3.05, 3.63) is 46.2 Å². The minimum absolute atomic E-state index is 0.648. The van der Waals surface area contributed by atoms with Gasteiger partial charge in [-0.05, 0) is 46.3 Å². The smallest absolute Gasteiger partial charge is 0.205 e. The van der Waals surface area contributed by atoms with Crippen LogP contribution in [0.15, 0.2) is 41.1 Å². The van der Waals surface area contributed by atoms with E-state index >= 15 is 0 Å². The summed E-state index contributed by atoms with van der Waals surface area (Å²) in [6.45, 7) is 0. The van der Waals surface area contributed by atoms with Gasteiger partial charge in [-0.3, -0.25) is 0 Å². The Morgan fingerprint density at radius 2 is 2.00 bits per heavy atom. The number of fused-ring (bicyclic) bond motifs is 2. The Morgan fingerprint density at radius 3 is 2.90 bits per heavy atom. The Kier molecular flexibility index (Phi) is 2.87. The average Bonchev–Trinajstić information content (AvgIpc) is 3.02. The van der Waals surface area contributed by atoms with E-state index in [0.29, 0.717) is 11.0 Å². The molecule has 0 saturated carbocycles. The maximum atomic E-state index is 5.98. The molecule has 0 radical (unpaired) electrons. The third-order valence-corrected chi connectivity index (χ3v) is 3.86. The maximum Gasteiger partial charge on any atom is 0.205 e. The number of imidazole rings is 1. The van der Waals surface area contributed by atoms with Crippen molar-refractivity contribution >= 4 is 61.2 Å². The number of benzene rings is 1. The molecule has 3 heterocycles. The highest BCUT2D eigenvalue weighted by Crippen LogP contribution is 2.26. The van der Waals surface area contributed by atoms with Crippen molar-refractivity contribution in [3.63, 3.8) is 0 Å². The first-order valence-electron chi connectivity index (χ1n) is 6.25. The number of hydrogen-bond donors (Lipinski definition) is 3. The van der Waals surface area contributed by atoms with Crippen LogP contribution in [0.3, 0.4) is 0 Å². The molecular weight excluding hydrogens is 354 g/mol. The second-order valence-corrected chi connectivity index (χ2v) is 5.85. The van der Waals surface area contributed by atoms with Gasteiger partial charge in [0.1, 0.15) is 10.1 Å². The molecule has 0 atom stereocenters. The summed E-state index contributed by atoms with van der Waals surface area (Å²) in [5.74, 6) is 0.648. The van der Waals surface area contributed by atoms with Gasteiger partial charge in [0.15, 0.2) is 0 Å². The number of anilines is 2. The normalized spacial score (nSPS) is 11.3. The summed E-state index contributed by atoms with van der Waals surface area (Å²) in [7, 11) is 0. The summed E-state index contributed by atoms with van der Waals surface area (Å²) in [6.07, 6.45) is 1.87. The number of hydrogen-bond acceptors (Lipinski definition) is 3. The Bertz CT molecular complexity index is 958. The number of rotatable bonds is 2. The van der Waals surface area contributed by atoms with E-state index in [1.807, 2.05) is 36.5 Å². The van der Waals surface area contributed by atoms with Crippen LogP contribution in [0, 0.1) is 0 Å². The van der Waals surface area contributed by atoms with Crippen molar-refractivity contribution in [3.8, 4) is 0 Å². The van der Waals surface area contributed by atoms with Crippen molar-refractivity contribution in [1.29, 1.82) is 0 Å². The van der Waals surface area contributed by atoms with Crippen molar-refractivity contribution < 1.29 is 0 Å². The molecule has 0 aliphatic rings. The molecule has 3 aromatic heterocycles. The molecule has 0 aliphatic carbocycles. The van der Waals surface area contributed by atoms with Crippen molar-refractivity contribution in [2.24, 2.45) is 0 Å². The van der Waals surface area contributed by atoms with E-state index < -0.39 is 0 Å². The summed E-state index contributed by atoms with van der Waals surface area (Å²) in [5.41, 5.74) is 4.41. The van der Waals surface area contributed by atoms with E-state index in [-0.39, 0.29) is 0 Å². The first kappa shape index (κ1) is 12.7. The summed E-state index contributed by atoms with van der Waals surface area (Å²) >= 11 is 9.36. The van der Waals surface area contributed by atoms with Crippen molar-refractivity contribution in [2.45, 2.75) is 0 Å². The lowest BCUT2D eigenvalue weighted by Crippen LogP contribution is -1.91. The van der Waals surface area contributed by atoms with Gasteiger partial charge >= 0.3 is 0 Å². The highest BCUT2D eigenvalue weighted by molar-refractivity contribution is 9.10. The van der Waals surface area contributed by atoms with E-state index in [0.717, 1.165) is 32.4 Å². The molecule has 0 amide bonds. The molecular formula is C14H9BrClN5. The molecule has 1 aromatic carbocycles. The lowest BCUT2D eigenvalue weighted by Gasteiger charge is -1.99. The molecule has 104 valence electrons. The third-order valence-electron chi connectivity index (χ3n) is 3.19. The standard InChI is InChI=1S/C14H9BrClN5/c15-12-4-3-9-13(21-12)11(6-17-9)20-14-18-8-2-1-7(16)5-10(8)19-14/h1-6,17H,(H2,18,19,20). The number of aromatic amines is 2. The van der Waals surface area contributed by atoms with E-state index in [4.69, 9.17) is 11.6 Å². The minimum Gasteiger partial charge on any atom is -0.358 e. The summed E-state index contributed by atoms with van der Waals surface area (Å²) in [5, 5.41) is 3.91. The molecule has 0 unspecified atom stereocenters. The van der Waals surface area contributed by atoms with E-state index in [9.17, 15) is 0 Å². The third kappa shape index (κ3) is 2.26. The van der Waals surface area contributed by atoms with Gasteiger partial charge in [0, 0.05) is 11.2 Å². The largest absolute Gasteiger partial charge is 0.358 e. The van der Waals surface area contributed by atoms with E-state index in [1.54, 1.807) is 0 Å². The lowest BCUT2D eigenvalue weighted by molar-refractivity contribution is 1.30. The quantitative estimate of drug-likeness (QED) is 0.456. The Labute approximate surface area is 132 Å². The molecule has 0 spiro atoms. The fourth-order valence-electron chi connectivity index (χ4n) is 2.24. The second kappa shape index (κ2) is 4.75. The molecule has 0 saturated heterocycles. The number of aromatic nitrogens is 4. The maximum absolute atomic E-state index is 5.98. The molecule has 21 heavy (non-hydrogen) atoms. The molecule has 7 heteroatoms. The van der Waals surface area contributed by atoms with Crippen molar-refractivity contribution in [2.75, 3.05) is 5.32 Å². The van der Waals surface area contributed by atoms with Crippen LogP contribution >= 0.6 is 27.5 Å². The van der Waals surface area contributed by atoms with Crippen LogP contribution in [0.1, 0.15) is 0 Å². The van der Waals surface area contributed by atoms with Gasteiger partial charge in [0.2, 0.25) is 5.95 Å². The van der Waals surface area contributed by atoms with Crippen LogP contribution < -0.4 is 5.32 Å². The topological polar surface area (TPSA) is 69.4 Å². The zero-order valence-corrected chi connectivity index (χ0v) is 13.0. The number of pyridine rings is 1. The predicted molar refractivity (Wildman–Crippen MR) is 88.2 cm³/mol. The molecule has 5 nitrogen and oxygen atoms in total. The number of nitrogens with zero attached hydrogens (tertiary/aromatic N) is 2. The van der Waals surface area contributed by atoms with Crippen LogP contribution in [0.25, 0.3) is 22.1 Å². The first-order valence-corrected chi connectivity index (χ1v) is 7.42. The Balaban J connectivity index is 1.77. The first-order chi connectivity index (χ1) is 10.2. The molecule has 3 N–H and O–H groups in total. The molecule has 4 aromatic rings. The highest BCUT2D eigenvalue weighted by atomic mass is 79.9. The Morgan fingerprint density at radius 1 is 1.10 bits per heavy atom. The van der Waals surface area contributed by atoms with Gasteiger partial charge in [-0.15, -0.1) is 0 Å². The van der Waals surface area contributed by atoms with Crippen LogP contribution in [0.4, 0.5) is 11.6 Å². The zero-order chi connectivity index (χ0) is 14.4. The van der Waals surface area contributed by atoms with Gasteiger partial charge in [0.25, 0.3) is 0 Å². The van der Waals surface area contributed by atoms with Crippen molar-refractivity contribution in [1.82, 2.24) is 19.9 Å². The average molecular weight is 363 g/mol. The van der Waals surface area contributed by atoms with E-state index in [1.165, 1.54) is 0 Å². The van der Waals surface area contributed by atoms with E-state index in [2.05, 4.69) is 41.2 Å². The molecule has 0 bridgehead atoms. The van der Waals surface area contributed by atoms with Crippen LogP contribution in [0.2, 0.25) is 5.02 Å². The van der Waals surface area contributed by atoms with Gasteiger partial charge in [-0.2, -0.15) is 0 Å². The van der Waals surface area contributed by atoms with Gasteiger partial charge in [-0.25, -0.2) is 9.97 Å². The molecule has 4 rings (SSSR count). The van der Waals surface area contributed by atoms with Gasteiger partial charge in [-0.1, -0.05) is 11.6 Å². The Hall–Kier alpha value is -2.05.